The van der Waals surface area contributed by atoms with Crippen molar-refractivity contribution < 1.29 is 0 Å². The second-order valence-electron chi connectivity index (χ2n) is 9.72. The Hall–Kier alpha value is -3.59. The highest BCUT2D eigenvalue weighted by Gasteiger charge is 2.23. The van der Waals surface area contributed by atoms with Crippen LogP contribution in [0.25, 0.3) is 32.9 Å². The Morgan fingerprint density at radius 2 is 2.00 bits per heavy atom. The molecule has 162 valence electrons. The van der Waals surface area contributed by atoms with Crippen molar-refractivity contribution in [2.45, 2.75) is 46.6 Å². The summed E-state index contributed by atoms with van der Waals surface area (Å²) < 4.78 is 0. The lowest BCUT2D eigenvalue weighted by Gasteiger charge is -2.29. The first-order valence-corrected chi connectivity index (χ1v) is 11.1. The number of hydrogen-bond acceptors (Lipinski definition) is 4. The van der Waals surface area contributed by atoms with E-state index in [0.29, 0.717) is 16.8 Å². The van der Waals surface area contributed by atoms with Crippen molar-refractivity contribution in [3.05, 3.63) is 52.6 Å². The minimum absolute atomic E-state index is 0.0432. The van der Waals surface area contributed by atoms with Crippen molar-refractivity contribution in [2.24, 2.45) is 11.3 Å². The largest absolute Gasteiger partial charge is 0.367 e. The monoisotopic (exact) mass is 425 g/mol. The Kier molecular flexibility index (Phi) is 4.78. The van der Waals surface area contributed by atoms with Gasteiger partial charge in [0.05, 0.1) is 22.2 Å². The molecule has 1 aliphatic carbocycles. The third kappa shape index (κ3) is 3.75. The second kappa shape index (κ2) is 7.52. The lowest BCUT2D eigenvalue weighted by molar-refractivity contribution is 0.359. The highest BCUT2D eigenvalue weighted by molar-refractivity contribution is 6.12. The fourth-order valence-corrected chi connectivity index (χ4v) is 3.63. The molecule has 1 aliphatic rings. The molecule has 0 saturated heterocycles. The average Bonchev–Trinajstić information content (AvgIpc) is 3.42. The van der Waals surface area contributed by atoms with E-state index in [1.807, 2.05) is 24.3 Å². The highest BCUT2D eigenvalue weighted by atomic mass is 16.1. The molecule has 1 atom stereocenters. The summed E-state index contributed by atoms with van der Waals surface area (Å²) in [7, 11) is 0. The number of anilines is 1. The Labute approximate surface area is 186 Å². The van der Waals surface area contributed by atoms with Crippen molar-refractivity contribution in [3.8, 4) is 23.1 Å². The van der Waals surface area contributed by atoms with Crippen LogP contribution in [0.3, 0.4) is 0 Å². The molecule has 32 heavy (non-hydrogen) atoms. The maximum absolute atomic E-state index is 13.0. The van der Waals surface area contributed by atoms with E-state index in [2.05, 4.69) is 60.0 Å². The molecule has 5 rings (SSSR count). The van der Waals surface area contributed by atoms with Crippen molar-refractivity contribution in [3.63, 3.8) is 0 Å². The molecule has 6 nitrogen and oxygen atoms in total. The number of aromatic amines is 2. The van der Waals surface area contributed by atoms with Gasteiger partial charge in [-0.25, -0.2) is 4.98 Å². The topological polar surface area (TPSA) is 86.5 Å². The number of hydrogen-bond donors (Lipinski definition) is 3. The van der Waals surface area contributed by atoms with Gasteiger partial charge in [-0.3, -0.25) is 9.89 Å². The van der Waals surface area contributed by atoms with Gasteiger partial charge >= 0.3 is 0 Å². The van der Waals surface area contributed by atoms with Gasteiger partial charge < -0.3 is 10.3 Å². The minimum Gasteiger partial charge on any atom is -0.367 e. The number of nitrogens with one attached hydrogen (secondary N) is 3. The van der Waals surface area contributed by atoms with Gasteiger partial charge in [-0.05, 0) is 43.4 Å². The summed E-state index contributed by atoms with van der Waals surface area (Å²) in [5.74, 6) is 7.80. The Bertz CT molecular complexity index is 1430. The zero-order valence-electron chi connectivity index (χ0n) is 18.8. The first-order chi connectivity index (χ1) is 15.3. The molecule has 3 aromatic heterocycles. The van der Waals surface area contributed by atoms with Crippen molar-refractivity contribution in [2.75, 3.05) is 5.32 Å². The predicted molar refractivity (Wildman–Crippen MR) is 130 cm³/mol. The van der Waals surface area contributed by atoms with Gasteiger partial charge in [0, 0.05) is 40.7 Å². The standard InChI is InChI=1S/C26H27N5O/c1-15(26(2,3)4)29-24-19-10-9-17(21-11-12-28-31-21)13-20(19)22-23(30-24)18(14-27-25(22)32)8-7-16-5-6-16/h9-16H,5-6H2,1-4H3,(H,27,32)(H,28,31)(H,29,30). The van der Waals surface area contributed by atoms with E-state index >= 15 is 0 Å². The zero-order chi connectivity index (χ0) is 22.5. The van der Waals surface area contributed by atoms with Gasteiger partial charge in [0.25, 0.3) is 5.56 Å². The molecular weight excluding hydrogens is 398 g/mol. The van der Waals surface area contributed by atoms with Crippen LogP contribution in [-0.2, 0) is 0 Å². The van der Waals surface area contributed by atoms with Crippen LogP contribution in [0.2, 0.25) is 0 Å². The molecular formula is C26H27N5O. The Morgan fingerprint density at radius 3 is 2.69 bits per heavy atom. The number of fused-ring (bicyclic) bond motifs is 3. The number of pyridine rings is 2. The van der Waals surface area contributed by atoms with E-state index in [-0.39, 0.29) is 17.0 Å². The molecule has 1 unspecified atom stereocenters. The Morgan fingerprint density at radius 1 is 1.19 bits per heavy atom. The lowest BCUT2D eigenvalue weighted by Crippen LogP contribution is -2.31. The van der Waals surface area contributed by atoms with E-state index < -0.39 is 0 Å². The lowest BCUT2D eigenvalue weighted by atomic mass is 9.88. The summed E-state index contributed by atoms with van der Waals surface area (Å²) in [6.07, 6.45) is 5.71. The molecule has 0 amide bonds. The van der Waals surface area contributed by atoms with E-state index in [1.54, 1.807) is 12.4 Å². The molecule has 0 aliphatic heterocycles. The number of benzene rings is 1. The Balaban J connectivity index is 1.80. The summed E-state index contributed by atoms with van der Waals surface area (Å²) >= 11 is 0. The third-order valence-electron chi connectivity index (χ3n) is 6.29. The molecule has 1 saturated carbocycles. The summed E-state index contributed by atoms with van der Waals surface area (Å²) in [4.78, 5) is 20.8. The maximum atomic E-state index is 13.0. The molecule has 0 spiro atoms. The number of H-pyrrole nitrogens is 2. The van der Waals surface area contributed by atoms with E-state index in [1.165, 1.54) is 0 Å². The third-order valence-corrected chi connectivity index (χ3v) is 6.29. The molecule has 1 fully saturated rings. The first-order valence-electron chi connectivity index (χ1n) is 11.1. The van der Waals surface area contributed by atoms with Crippen LogP contribution in [0, 0.1) is 23.2 Å². The van der Waals surface area contributed by atoms with Crippen LogP contribution in [0.4, 0.5) is 5.82 Å². The molecule has 3 N–H and O–H groups in total. The summed E-state index contributed by atoms with van der Waals surface area (Å²) in [6.45, 7) is 8.74. The molecule has 0 bridgehead atoms. The summed E-state index contributed by atoms with van der Waals surface area (Å²) in [6, 6.07) is 8.18. The molecule has 1 aromatic carbocycles. The van der Waals surface area contributed by atoms with Gasteiger partial charge in [0.15, 0.2) is 0 Å². The van der Waals surface area contributed by atoms with Crippen molar-refractivity contribution in [1.29, 1.82) is 0 Å². The van der Waals surface area contributed by atoms with Crippen LogP contribution in [-0.4, -0.2) is 26.2 Å². The molecule has 6 heteroatoms. The molecule has 4 aromatic rings. The van der Waals surface area contributed by atoms with Crippen LogP contribution >= 0.6 is 0 Å². The van der Waals surface area contributed by atoms with Crippen molar-refractivity contribution in [1.82, 2.24) is 20.2 Å². The van der Waals surface area contributed by atoms with Gasteiger partial charge in [-0.15, -0.1) is 0 Å². The zero-order valence-corrected chi connectivity index (χ0v) is 18.8. The van der Waals surface area contributed by atoms with Crippen LogP contribution < -0.4 is 10.9 Å². The van der Waals surface area contributed by atoms with E-state index in [0.717, 1.165) is 46.3 Å². The minimum atomic E-state index is -0.161. The van der Waals surface area contributed by atoms with Crippen molar-refractivity contribution >= 4 is 27.5 Å². The van der Waals surface area contributed by atoms with Crippen LogP contribution in [0.1, 0.15) is 46.1 Å². The van der Waals surface area contributed by atoms with Gasteiger partial charge in [-0.1, -0.05) is 38.7 Å². The SMILES string of the molecule is CC(Nc1nc2c(C#CC3CC3)c[nH]c(=O)c2c2cc(-c3ccn[nH]3)ccc12)C(C)(C)C. The normalized spacial score (nSPS) is 14.9. The predicted octanol–water partition coefficient (Wildman–Crippen LogP) is 5.07. The smallest absolute Gasteiger partial charge is 0.258 e. The molecule has 0 radical (unpaired) electrons. The van der Waals surface area contributed by atoms with Gasteiger partial charge in [0.1, 0.15) is 5.82 Å². The fourth-order valence-electron chi connectivity index (χ4n) is 3.63. The average molecular weight is 426 g/mol. The highest BCUT2D eigenvalue weighted by Crippen LogP contribution is 2.34. The number of aromatic nitrogens is 4. The molecule has 3 heterocycles. The summed E-state index contributed by atoms with van der Waals surface area (Å²) in [5, 5.41) is 13.0. The fraction of sp³-hybridized carbons (Fsp3) is 0.346. The number of rotatable bonds is 3. The van der Waals surface area contributed by atoms with Gasteiger partial charge in [-0.2, -0.15) is 5.10 Å². The summed E-state index contributed by atoms with van der Waals surface area (Å²) in [5.41, 5.74) is 3.14. The second-order valence-corrected chi connectivity index (χ2v) is 9.72. The quantitative estimate of drug-likeness (QED) is 0.316. The van der Waals surface area contributed by atoms with Crippen LogP contribution in [0.15, 0.2) is 41.5 Å². The number of nitrogens with zero attached hydrogens (tertiary/aromatic N) is 2. The van der Waals surface area contributed by atoms with Gasteiger partial charge in [0.2, 0.25) is 0 Å². The van der Waals surface area contributed by atoms with E-state index in [4.69, 9.17) is 4.98 Å². The first kappa shape index (κ1) is 20.3. The maximum Gasteiger partial charge on any atom is 0.258 e. The van der Waals surface area contributed by atoms with E-state index in [9.17, 15) is 4.79 Å². The van der Waals surface area contributed by atoms with Crippen LogP contribution in [0.5, 0.6) is 0 Å².